The Hall–Kier alpha value is -0.860. The van der Waals surface area contributed by atoms with Crippen molar-refractivity contribution in [1.82, 2.24) is 9.78 Å². The molecule has 2 aromatic rings. The third kappa shape index (κ3) is 2.45. The van der Waals surface area contributed by atoms with Crippen LogP contribution >= 0.6 is 43.2 Å². The molecule has 2 aromatic heterocycles. The Bertz CT molecular complexity index is 600. The maximum atomic E-state index is 12.1. The number of aromatic nitrogens is 2. The lowest BCUT2D eigenvalue weighted by Gasteiger charge is -2.04. The third-order valence-electron chi connectivity index (χ3n) is 2.37. The van der Waals surface area contributed by atoms with E-state index in [9.17, 15) is 4.79 Å². The van der Waals surface area contributed by atoms with Crippen LogP contribution in [0.25, 0.3) is 0 Å². The van der Waals surface area contributed by atoms with Gasteiger partial charge in [0.25, 0.3) is 5.91 Å². The molecule has 0 aliphatic heterocycles. The minimum atomic E-state index is -0.207. The smallest absolute Gasteiger partial charge is 0.267 e. The molecule has 0 fully saturated rings. The van der Waals surface area contributed by atoms with Gasteiger partial charge in [0.05, 0.1) is 20.0 Å². The maximum absolute atomic E-state index is 12.1. The Morgan fingerprint density at radius 2 is 2.22 bits per heavy atom. The number of aryl methyl sites for hydroxylation is 2. The van der Waals surface area contributed by atoms with Crippen molar-refractivity contribution in [2.24, 2.45) is 7.05 Å². The van der Waals surface area contributed by atoms with E-state index in [1.54, 1.807) is 24.7 Å². The lowest BCUT2D eigenvalue weighted by molar-refractivity contribution is 0.102. The molecule has 3 N–H and O–H groups in total. The van der Waals surface area contributed by atoms with Crippen molar-refractivity contribution in [2.75, 3.05) is 11.1 Å². The molecule has 2 rings (SSSR count). The molecule has 96 valence electrons. The molecule has 0 aliphatic rings. The van der Waals surface area contributed by atoms with Gasteiger partial charge in [0.1, 0.15) is 0 Å². The Labute approximate surface area is 125 Å². The number of carbonyl (C=O) groups excluding carboxylic acids is 1. The number of rotatable bonds is 2. The highest BCUT2D eigenvalue weighted by atomic mass is 79.9. The Kier molecular flexibility index (Phi) is 3.79. The van der Waals surface area contributed by atoms with Crippen LogP contribution in [0.4, 0.5) is 11.5 Å². The molecule has 0 saturated heterocycles. The number of anilines is 2. The summed E-state index contributed by atoms with van der Waals surface area (Å²) in [5, 5.41) is 6.90. The SMILES string of the molecule is Cc1nn(C)c(NC(=O)c2cc(Br)c(Br)s2)c1N. The summed E-state index contributed by atoms with van der Waals surface area (Å²) in [5.41, 5.74) is 7.03. The Morgan fingerprint density at radius 3 is 2.67 bits per heavy atom. The predicted octanol–water partition coefficient (Wildman–Crippen LogP) is 3.15. The number of nitrogens with two attached hydrogens (primary N) is 1. The van der Waals surface area contributed by atoms with Crippen molar-refractivity contribution in [3.63, 3.8) is 0 Å². The fraction of sp³-hybridized carbons (Fsp3) is 0.200. The third-order valence-corrected chi connectivity index (χ3v) is 5.62. The van der Waals surface area contributed by atoms with E-state index >= 15 is 0 Å². The van der Waals surface area contributed by atoms with E-state index in [-0.39, 0.29) is 5.91 Å². The first-order valence-electron chi connectivity index (χ1n) is 4.95. The zero-order valence-electron chi connectivity index (χ0n) is 9.62. The van der Waals surface area contributed by atoms with Crippen molar-refractivity contribution in [3.05, 3.63) is 24.9 Å². The van der Waals surface area contributed by atoms with E-state index in [0.29, 0.717) is 22.1 Å². The van der Waals surface area contributed by atoms with Gasteiger partial charge < -0.3 is 11.1 Å². The maximum Gasteiger partial charge on any atom is 0.267 e. The largest absolute Gasteiger partial charge is 0.394 e. The first-order chi connectivity index (χ1) is 8.40. The number of halogens is 2. The van der Waals surface area contributed by atoms with Crippen molar-refractivity contribution < 1.29 is 4.79 Å². The van der Waals surface area contributed by atoms with Gasteiger partial charge in [-0.05, 0) is 44.8 Å². The van der Waals surface area contributed by atoms with Crippen LogP contribution in [0.15, 0.2) is 14.3 Å². The van der Waals surface area contributed by atoms with Gasteiger partial charge >= 0.3 is 0 Å². The summed E-state index contributed by atoms with van der Waals surface area (Å²) in [7, 11) is 1.74. The molecule has 0 atom stereocenters. The summed E-state index contributed by atoms with van der Waals surface area (Å²) < 4.78 is 3.29. The molecule has 0 unspecified atom stereocenters. The monoisotopic (exact) mass is 392 g/mol. The summed E-state index contributed by atoms with van der Waals surface area (Å²) in [4.78, 5) is 12.6. The molecule has 0 saturated carbocycles. The Balaban J connectivity index is 2.26. The number of carbonyl (C=O) groups is 1. The average Bonchev–Trinajstić information content (AvgIpc) is 2.75. The first kappa shape index (κ1) is 13.6. The van der Waals surface area contributed by atoms with E-state index in [2.05, 4.69) is 42.3 Å². The number of hydrogen-bond donors (Lipinski definition) is 2. The van der Waals surface area contributed by atoms with Crippen LogP contribution in [-0.2, 0) is 7.05 Å². The molecule has 0 aliphatic carbocycles. The summed E-state index contributed by atoms with van der Waals surface area (Å²) in [6, 6.07) is 1.75. The fourth-order valence-electron chi connectivity index (χ4n) is 1.45. The zero-order valence-corrected chi connectivity index (χ0v) is 13.6. The summed E-state index contributed by atoms with van der Waals surface area (Å²) in [6.45, 7) is 1.79. The summed E-state index contributed by atoms with van der Waals surface area (Å²) in [5.74, 6) is 0.305. The van der Waals surface area contributed by atoms with Gasteiger partial charge in [-0.1, -0.05) is 0 Å². The van der Waals surface area contributed by atoms with Crippen LogP contribution < -0.4 is 11.1 Å². The van der Waals surface area contributed by atoms with Crippen LogP contribution in [0.1, 0.15) is 15.4 Å². The van der Waals surface area contributed by atoms with Crippen molar-refractivity contribution in [2.45, 2.75) is 6.92 Å². The van der Waals surface area contributed by atoms with E-state index in [4.69, 9.17) is 5.73 Å². The second-order valence-electron chi connectivity index (χ2n) is 3.66. The first-order valence-corrected chi connectivity index (χ1v) is 7.35. The minimum Gasteiger partial charge on any atom is -0.394 e. The van der Waals surface area contributed by atoms with Gasteiger partial charge in [0.15, 0.2) is 5.82 Å². The lowest BCUT2D eigenvalue weighted by Crippen LogP contribution is -2.14. The normalized spacial score (nSPS) is 10.7. The van der Waals surface area contributed by atoms with E-state index in [1.165, 1.54) is 11.3 Å². The van der Waals surface area contributed by atoms with Crippen molar-refractivity contribution >= 4 is 60.6 Å². The highest BCUT2D eigenvalue weighted by Gasteiger charge is 2.16. The van der Waals surface area contributed by atoms with E-state index in [0.717, 1.165) is 8.26 Å². The molecule has 5 nitrogen and oxygen atoms in total. The van der Waals surface area contributed by atoms with Crippen molar-refractivity contribution in [1.29, 1.82) is 0 Å². The summed E-state index contributed by atoms with van der Waals surface area (Å²) in [6.07, 6.45) is 0. The van der Waals surface area contributed by atoms with Crippen LogP contribution in [0, 0.1) is 6.92 Å². The topological polar surface area (TPSA) is 72.9 Å². The molecular formula is C10H10Br2N4OS. The number of nitrogens with zero attached hydrogens (tertiary/aromatic N) is 2. The molecule has 0 bridgehead atoms. The zero-order chi connectivity index (χ0) is 13.4. The molecule has 8 heteroatoms. The lowest BCUT2D eigenvalue weighted by atomic mass is 10.3. The van der Waals surface area contributed by atoms with Gasteiger partial charge in [0, 0.05) is 11.5 Å². The minimum absolute atomic E-state index is 0.207. The van der Waals surface area contributed by atoms with Crippen molar-refractivity contribution in [3.8, 4) is 0 Å². The number of nitrogen functional groups attached to an aromatic ring is 1. The van der Waals surface area contributed by atoms with E-state index < -0.39 is 0 Å². The van der Waals surface area contributed by atoms with Gasteiger partial charge in [-0.2, -0.15) is 5.10 Å². The second-order valence-corrected chi connectivity index (χ2v) is 6.88. The number of nitrogens with one attached hydrogen (secondary N) is 1. The van der Waals surface area contributed by atoms with Gasteiger partial charge in [-0.3, -0.25) is 9.48 Å². The number of amides is 1. The molecule has 18 heavy (non-hydrogen) atoms. The highest BCUT2D eigenvalue weighted by molar-refractivity contribution is 9.13. The van der Waals surface area contributed by atoms with Crippen LogP contribution in [0.3, 0.4) is 0 Å². The molecular weight excluding hydrogens is 384 g/mol. The number of hydrogen-bond acceptors (Lipinski definition) is 4. The van der Waals surface area contributed by atoms with Crippen LogP contribution in [0.2, 0.25) is 0 Å². The fourth-order valence-corrected chi connectivity index (χ4v) is 3.38. The Morgan fingerprint density at radius 1 is 1.56 bits per heavy atom. The average molecular weight is 394 g/mol. The summed E-state index contributed by atoms with van der Waals surface area (Å²) >= 11 is 8.04. The standard InChI is InChI=1S/C10H10Br2N4OS/c1-4-7(13)9(16(2)15-4)14-10(17)6-3-5(11)8(12)18-6/h3H,13H2,1-2H3,(H,14,17). The van der Waals surface area contributed by atoms with Gasteiger partial charge in [0.2, 0.25) is 0 Å². The molecule has 2 heterocycles. The highest BCUT2D eigenvalue weighted by Crippen LogP contribution is 2.33. The van der Waals surface area contributed by atoms with Crippen LogP contribution in [-0.4, -0.2) is 15.7 Å². The number of thiophene rings is 1. The van der Waals surface area contributed by atoms with Gasteiger partial charge in [-0.15, -0.1) is 11.3 Å². The molecule has 0 aromatic carbocycles. The van der Waals surface area contributed by atoms with Crippen LogP contribution in [0.5, 0.6) is 0 Å². The second kappa shape index (κ2) is 5.02. The predicted molar refractivity (Wildman–Crippen MR) is 80.0 cm³/mol. The van der Waals surface area contributed by atoms with E-state index in [1.807, 2.05) is 0 Å². The molecule has 1 amide bonds. The quantitative estimate of drug-likeness (QED) is 0.822. The molecule has 0 radical (unpaired) electrons. The van der Waals surface area contributed by atoms with Gasteiger partial charge in [-0.25, -0.2) is 0 Å². The molecule has 0 spiro atoms.